The van der Waals surface area contributed by atoms with E-state index in [0.29, 0.717) is 0 Å². The molecule has 0 aliphatic rings. The summed E-state index contributed by atoms with van der Waals surface area (Å²) in [7, 11) is 0. The minimum absolute atomic E-state index is 0. The molecule has 0 aromatic carbocycles. The van der Waals surface area contributed by atoms with E-state index in [0.717, 1.165) is 14.5 Å². The Kier molecular flexibility index (Phi) is 16.0. The topological polar surface area (TPSA) is 0 Å². The van der Waals surface area contributed by atoms with Crippen LogP contribution in [-0.2, 0) is 0 Å². The quantitative estimate of drug-likeness (QED) is 0.631. The SMILES string of the molecule is C.C.C.[SnH][c]1ccc[se]1. The third-order valence-electron chi connectivity index (χ3n) is 0.543. The predicted octanol–water partition coefficient (Wildman–Crippen LogP) is 1.18. The van der Waals surface area contributed by atoms with E-state index in [1.807, 2.05) is 0 Å². The van der Waals surface area contributed by atoms with Gasteiger partial charge in [-0.2, -0.15) is 0 Å². The van der Waals surface area contributed by atoms with Gasteiger partial charge in [0.05, 0.1) is 0 Å². The maximum atomic E-state index is 2.26. The second-order valence-electron chi connectivity index (χ2n) is 1.02. The summed E-state index contributed by atoms with van der Waals surface area (Å²) in [6, 6.07) is 4.38. The Bertz CT molecular complexity index is 112. The van der Waals surface area contributed by atoms with Gasteiger partial charge in [-0.15, -0.1) is 0 Å². The summed E-state index contributed by atoms with van der Waals surface area (Å²) in [5, 5.41) is 0. The fourth-order valence-corrected chi connectivity index (χ4v) is 2.76. The van der Waals surface area contributed by atoms with Crippen molar-refractivity contribution in [2.75, 3.05) is 0 Å². The van der Waals surface area contributed by atoms with Crippen molar-refractivity contribution >= 4 is 39.5 Å². The van der Waals surface area contributed by atoms with E-state index in [1.54, 1.807) is 2.45 Å². The van der Waals surface area contributed by atoms with Crippen molar-refractivity contribution in [3.8, 4) is 0 Å². The van der Waals surface area contributed by atoms with Crippen LogP contribution >= 0.6 is 0 Å². The summed E-state index contributed by atoms with van der Waals surface area (Å²) in [5.74, 6) is 0. The Morgan fingerprint density at radius 2 is 1.78 bits per heavy atom. The zero-order chi connectivity index (χ0) is 4.41. The number of hydrogen-bond acceptors (Lipinski definition) is 0. The third kappa shape index (κ3) is 6.69. The fourth-order valence-electron chi connectivity index (χ4n) is 0.291. The number of rotatable bonds is 0. The van der Waals surface area contributed by atoms with Crippen LogP contribution in [-0.4, -0.2) is 37.0 Å². The molecule has 0 saturated heterocycles. The molecule has 0 N–H and O–H groups in total. The molecule has 1 aromatic rings. The second kappa shape index (κ2) is 8.80. The first-order valence-corrected chi connectivity index (χ1v) is 5.18. The van der Waals surface area contributed by atoms with Crippen LogP contribution in [0.3, 0.4) is 0 Å². The van der Waals surface area contributed by atoms with Gasteiger partial charge < -0.3 is 0 Å². The maximum absolute atomic E-state index is 2.26. The van der Waals surface area contributed by atoms with Crippen molar-refractivity contribution in [1.82, 2.24) is 0 Å². The molecule has 9 heavy (non-hydrogen) atoms. The van der Waals surface area contributed by atoms with Gasteiger partial charge in [0.25, 0.3) is 0 Å². The van der Waals surface area contributed by atoms with Gasteiger partial charge in [0, 0.05) is 0 Å². The summed E-state index contributed by atoms with van der Waals surface area (Å²) in [6.07, 6.45) is 0. The molecule has 0 aliphatic heterocycles. The van der Waals surface area contributed by atoms with Crippen LogP contribution in [0.1, 0.15) is 22.3 Å². The molecule has 0 atom stereocenters. The molecule has 0 saturated carbocycles. The van der Waals surface area contributed by atoms with E-state index in [1.165, 1.54) is 22.5 Å². The Balaban J connectivity index is -0.000000120. The molecule has 0 unspecified atom stereocenters. The zero-order valence-corrected chi connectivity index (χ0v) is 8.23. The molecule has 0 nitrogen and oxygen atoms in total. The molecule has 54 valence electrons. The average Bonchev–Trinajstić information content (AvgIpc) is 1.86. The van der Waals surface area contributed by atoms with Crippen molar-refractivity contribution in [3.63, 3.8) is 0 Å². The van der Waals surface area contributed by atoms with E-state index < -0.39 is 0 Å². The first-order valence-electron chi connectivity index (χ1n) is 1.68. The predicted molar refractivity (Wildman–Crippen MR) is 50.4 cm³/mol. The Labute approximate surface area is 78.5 Å². The second-order valence-corrected chi connectivity index (χ2v) is 7.52. The zero-order valence-electron chi connectivity index (χ0n) is 3.22. The van der Waals surface area contributed by atoms with E-state index in [2.05, 4.69) is 17.1 Å². The van der Waals surface area contributed by atoms with Gasteiger partial charge in [-0.05, 0) is 0 Å². The van der Waals surface area contributed by atoms with Crippen LogP contribution in [0.5, 0.6) is 0 Å². The summed E-state index contributed by atoms with van der Waals surface area (Å²) >= 11 is 2.10. The Morgan fingerprint density at radius 3 is 1.89 bits per heavy atom. The normalized spacial score (nSPS) is 5.89. The molecule has 1 aromatic heterocycles. The van der Waals surface area contributed by atoms with Gasteiger partial charge >= 0.3 is 56.6 Å². The summed E-state index contributed by atoms with van der Waals surface area (Å²) < 4.78 is 1.66. The van der Waals surface area contributed by atoms with Crippen molar-refractivity contribution in [2.45, 2.75) is 22.3 Å². The van der Waals surface area contributed by atoms with Crippen molar-refractivity contribution in [3.05, 3.63) is 17.1 Å². The van der Waals surface area contributed by atoms with Crippen molar-refractivity contribution < 1.29 is 0 Å². The monoisotopic (exact) mass is 300 g/mol. The van der Waals surface area contributed by atoms with Crippen molar-refractivity contribution in [2.24, 2.45) is 0 Å². The Morgan fingerprint density at radius 1 is 1.22 bits per heavy atom. The molecule has 0 aliphatic carbocycles. The number of hydrogen-bond donors (Lipinski definition) is 0. The first-order chi connectivity index (χ1) is 2.89. The van der Waals surface area contributed by atoms with E-state index in [4.69, 9.17) is 0 Å². The average molecular weight is 298 g/mol. The first kappa shape index (κ1) is 16.4. The molecule has 0 amide bonds. The molecule has 0 fully saturated rings. The third-order valence-corrected chi connectivity index (χ3v) is 4.58. The standard InChI is InChI=1S/C4H3Se.3CH4.Sn.H/c1-2-4-5-3-1;;;;;/h1-3H;3*1H4;;. The molecule has 1 heterocycles. The van der Waals surface area contributed by atoms with E-state index in [-0.39, 0.29) is 22.3 Å². The molecular weight excluding hydrogens is 282 g/mol. The van der Waals surface area contributed by atoms with Crippen molar-refractivity contribution in [1.29, 1.82) is 0 Å². The minimum atomic E-state index is 0. The molecule has 2 radical (unpaired) electrons. The summed E-state index contributed by atoms with van der Waals surface area (Å²) in [5.41, 5.74) is 0. The summed E-state index contributed by atoms with van der Waals surface area (Å²) in [4.78, 5) is 2.26. The fraction of sp³-hybridized carbons (Fsp3) is 0.429. The van der Waals surface area contributed by atoms with Gasteiger partial charge in [0.2, 0.25) is 0 Å². The molecular formula is C7H16SeSn. The van der Waals surface area contributed by atoms with Crippen LogP contribution in [0, 0.1) is 0 Å². The van der Waals surface area contributed by atoms with Crippen LogP contribution in [0.4, 0.5) is 0 Å². The van der Waals surface area contributed by atoms with E-state index in [9.17, 15) is 0 Å². The summed E-state index contributed by atoms with van der Waals surface area (Å²) in [6.45, 7) is 0. The van der Waals surface area contributed by atoms with E-state index >= 15 is 0 Å². The van der Waals surface area contributed by atoms with Crippen LogP contribution < -0.4 is 2.45 Å². The van der Waals surface area contributed by atoms with Gasteiger partial charge in [-0.1, -0.05) is 22.3 Å². The van der Waals surface area contributed by atoms with Gasteiger partial charge in [-0.25, -0.2) is 0 Å². The molecule has 0 bridgehead atoms. The van der Waals surface area contributed by atoms with Gasteiger partial charge in [-0.3, -0.25) is 0 Å². The molecule has 1 rings (SSSR count). The van der Waals surface area contributed by atoms with Crippen LogP contribution in [0.15, 0.2) is 17.1 Å². The van der Waals surface area contributed by atoms with Crippen LogP contribution in [0.2, 0.25) is 0 Å². The Hall–Kier alpha value is 0.798. The van der Waals surface area contributed by atoms with Gasteiger partial charge in [0.15, 0.2) is 0 Å². The van der Waals surface area contributed by atoms with Gasteiger partial charge in [0.1, 0.15) is 0 Å². The molecule has 0 spiro atoms. The van der Waals surface area contributed by atoms with Crippen LogP contribution in [0.25, 0.3) is 0 Å². The molecule has 2 heteroatoms.